The van der Waals surface area contributed by atoms with Gasteiger partial charge in [0.25, 0.3) is 5.91 Å². The first kappa shape index (κ1) is 24.1. The smallest absolute Gasteiger partial charge is 0.332 e. The van der Waals surface area contributed by atoms with Crippen molar-refractivity contribution in [1.82, 2.24) is 5.32 Å². The van der Waals surface area contributed by atoms with Crippen LogP contribution in [0.1, 0.15) is 48.5 Å². The first-order valence-electron chi connectivity index (χ1n) is 11.7. The number of rotatable bonds is 8. The van der Waals surface area contributed by atoms with Crippen LogP contribution in [-0.2, 0) is 23.8 Å². The highest BCUT2D eigenvalue weighted by Crippen LogP contribution is 2.61. The van der Waals surface area contributed by atoms with Crippen LogP contribution >= 0.6 is 0 Å². The van der Waals surface area contributed by atoms with Gasteiger partial charge in [0.05, 0.1) is 13.0 Å². The van der Waals surface area contributed by atoms with Gasteiger partial charge in [0, 0.05) is 43.5 Å². The molecule has 0 radical (unpaired) electrons. The highest BCUT2D eigenvalue weighted by molar-refractivity contribution is 6.01. The van der Waals surface area contributed by atoms with Gasteiger partial charge >= 0.3 is 5.97 Å². The van der Waals surface area contributed by atoms with Crippen LogP contribution in [0.2, 0.25) is 0 Å². The van der Waals surface area contributed by atoms with Crippen LogP contribution in [0.15, 0.2) is 60.7 Å². The summed E-state index contributed by atoms with van der Waals surface area (Å²) in [6, 6.07) is 18.0. The largest absolute Gasteiger partial charge is 0.467 e. The zero-order chi connectivity index (χ0) is 24.3. The average molecular weight is 466 g/mol. The second-order valence-corrected chi connectivity index (χ2v) is 8.78. The summed E-state index contributed by atoms with van der Waals surface area (Å²) in [7, 11) is 1.30. The summed E-state index contributed by atoms with van der Waals surface area (Å²) in [6.07, 6.45) is 0.434. The van der Waals surface area contributed by atoms with Crippen molar-refractivity contribution in [3.63, 3.8) is 0 Å². The fraction of sp³-hybridized carbons (Fsp3) is 0.444. The number of ether oxygens (including phenoxy) is 3. The van der Waals surface area contributed by atoms with E-state index in [1.165, 1.54) is 7.11 Å². The van der Waals surface area contributed by atoms with Gasteiger partial charge in [-0.1, -0.05) is 48.5 Å². The summed E-state index contributed by atoms with van der Waals surface area (Å²) in [6.45, 7) is 4.35. The molecule has 0 heterocycles. The summed E-state index contributed by atoms with van der Waals surface area (Å²) in [5.41, 5.74) is -0.393. The average Bonchev–Trinajstić information content (AvgIpc) is 2.85. The number of benzene rings is 2. The summed E-state index contributed by atoms with van der Waals surface area (Å²) >= 11 is 0. The van der Waals surface area contributed by atoms with Gasteiger partial charge in [0.1, 0.15) is 5.78 Å². The van der Waals surface area contributed by atoms with Crippen LogP contribution in [0.3, 0.4) is 0 Å². The minimum Gasteiger partial charge on any atom is -0.467 e. The Kier molecular flexibility index (Phi) is 6.86. The number of esters is 1. The monoisotopic (exact) mass is 465 g/mol. The van der Waals surface area contributed by atoms with Gasteiger partial charge in [-0.3, -0.25) is 9.59 Å². The number of nitrogens with one attached hydrogen (secondary N) is 1. The Morgan fingerprint density at radius 1 is 0.971 bits per heavy atom. The van der Waals surface area contributed by atoms with Crippen molar-refractivity contribution in [2.24, 2.45) is 11.8 Å². The molecular weight excluding hydrogens is 434 g/mol. The van der Waals surface area contributed by atoms with Gasteiger partial charge in [-0.15, -0.1) is 0 Å². The molecule has 4 atom stereocenters. The maximum Gasteiger partial charge on any atom is 0.332 e. The van der Waals surface area contributed by atoms with E-state index in [4.69, 9.17) is 14.2 Å². The summed E-state index contributed by atoms with van der Waals surface area (Å²) in [5, 5.41) is 3.05. The second kappa shape index (κ2) is 9.68. The molecule has 180 valence electrons. The minimum atomic E-state index is -1.57. The number of hydrogen-bond donors (Lipinski definition) is 1. The molecule has 2 aliphatic carbocycles. The van der Waals surface area contributed by atoms with Crippen LogP contribution in [0.4, 0.5) is 0 Å². The fourth-order valence-electron chi connectivity index (χ4n) is 5.79. The fourth-order valence-corrected chi connectivity index (χ4v) is 5.79. The van der Waals surface area contributed by atoms with E-state index < -0.39 is 41.0 Å². The zero-order valence-electron chi connectivity index (χ0n) is 19.8. The number of carbonyl (C=O) groups excluding carboxylic acids is 3. The van der Waals surface area contributed by atoms with Gasteiger partial charge in [-0.2, -0.15) is 0 Å². The molecule has 0 saturated heterocycles. The Morgan fingerprint density at radius 2 is 1.56 bits per heavy atom. The van der Waals surface area contributed by atoms with E-state index in [0.29, 0.717) is 25.2 Å². The molecule has 0 unspecified atom stereocenters. The van der Waals surface area contributed by atoms with E-state index in [9.17, 15) is 14.4 Å². The van der Waals surface area contributed by atoms with Crippen LogP contribution in [0, 0.1) is 11.8 Å². The molecule has 7 nitrogen and oxygen atoms in total. The zero-order valence-corrected chi connectivity index (χ0v) is 19.8. The highest BCUT2D eigenvalue weighted by Gasteiger charge is 2.74. The highest BCUT2D eigenvalue weighted by atomic mass is 16.7. The van der Waals surface area contributed by atoms with Crippen molar-refractivity contribution in [1.29, 1.82) is 0 Å². The number of Topliss-reactive ketones (excluding diaryl/α,β-unsaturated/α-hetero) is 1. The van der Waals surface area contributed by atoms with Crippen molar-refractivity contribution in [3.05, 3.63) is 71.8 Å². The number of methoxy groups -OCH3 is 1. The van der Waals surface area contributed by atoms with Crippen molar-refractivity contribution < 1.29 is 28.6 Å². The van der Waals surface area contributed by atoms with E-state index in [1.54, 1.807) is 24.3 Å². The molecule has 2 saturated carbocycles. The lowest BCUT2D eigenvalue weighted by atomic mass is 9.48. The van der Waals surface area contributed by atoms with Crippen LogP contribution in [0.5, 0.6) is 0 Å². The molecular formula is C27H31NO6. The number of amides is 1. The van der Waals surface area contributed by atoms with Gasteiger partial charge in [0.15, 0.2) is 11.3 Å². The molecule has 1 N–H and O–H groups in total. The molecule has 2 aromatic rings. The first-order chi connectivity index (χ1) is 16.4. The maximum atomic E-state index is 13.8. The van der Waals surface area contributed by atoms with E-state index >= 15 is 0 Å². The Hall–Kier alpha value is -3.03. The molecule has 2 aliphatic rings. The third-order valence-electron chi connectivity index (χ3n) is 7.10. The van der Waals surface area contributed by atoms with Crippen LogP contribution < -0.4 is 5.32 Å². The quantitative estimate of drug-likeness (QED) is 0.474. The second-order valence-electron chi connectivity index (χ2n) is 8.78. The number of fused-ring (bicyclic) bond motifs is 1. The molecule has 2 aromatic carbocycles. The molecule has 1 amide bonds. The van der Waals surface area contributed by atoms with Gasteiger partial charge in [0.2, 0.25) is 0 Å². The van der Waals surface area contributed by atoms with Crippen LogP contribution in [-0.4, -0.2) is 49.3 Å². The van der Waals surface area contributed by atoms with Gasteiger partial charge in [-0.05, 0) is 31.5 Å². The van der Waals surface area contributed by atoms with Gasteiger partial charge in [-0.25, -0.2) is 4.79 Å². The Balaban J connectivity index is 1.92. The third kappa shape index (κ3) is 3.83. The molecule has 0 aliphatic heterocycles. The van der Waals surface area contributed by atoms with Crippen molar-refractivity contribution in [3.8, 4) is 0 Å². The predicted octanol–water partition coefficient (Wildman–Crippen LogP) is 3.49. The van der Waals surface area contributed by atoms with Crippen molar-refractivity contribution in [2.75, 3.05) is 20.3 Å². The van der Waals surface area contributed by atoms with Crippen molar-refractivity contribution in [2.45, 2.75) is 43.9 Å². The standard InChI is InChI=1S/C27H31NO6/c1-4-33-26(34-5-2)17-20-22(29)16-21(18-12-8-6-9-13-18)27(23(20)26,25(31)32-3)28-24(30)19-14-10-7-11-15-19/h6-15,20-21,23H,4-5,16-17H2,1-3H3,(H,28,30)/t20-,21-,23-,27+/m0/s1. The van der Waals surface area contributed by atoms with Crippen LogP contribution in [0.25, 0.3) is 0 Å². The summed E-state index contributed by atoms with van der Waals surface area (Å²) in [5.74, 6) is -4.08. The molecule has 0 bridgehead atoms. The lowest BCUT2D eigenvalue weighted by molar-refractivity contribution is -0.341. The van der Waals surface area contributed by atoms with E-state index in [0.717, 1.165) is 5.56 Å². The Labute approximate surface area is 199 Å². The predicted molar refractivity (Wildman–Crippen MR) is 125 cm³/mol. The van der Waals surface area contributed by atoms with E-state index in [1.807, 2.05) is 50.2 Å². The van der Waals surface area contributed by atoms with E-state index in [2.05, 4.69) is 5.32 Å². The number of hydrogen-bond acceptors (Lipinski definition) is 6. The lowest BCUT2D eigenvalue weighted by Crippen LogP contribution is -2.78. The molecule has 0 spiro atoms. The summed E-state index contributed by atoms with van der Waals surface area (Å²) in [4.78, 5) is 40.6. The minimum absolute atomic E-state index is 0.0300. The summed E-state index contributed by atoms with van der Waals surface area (Å²) < 4.78 is 17.6. The Morgan fingerprint density at radius 3 is 2.12 bits per heavy atom. The third-order valence-corrected chi connectivity index (χ3v) is 7.10. The molecule has 2 fully saturated rings. The first-order valence-corrected chi connectivity index (χ1v) is 11.7. The normalized spacial score (nSPS) is 27.3. The lowest BCUT2D eigenvalue weighted by Gasteiger charge is -2.63. The van der Waals surface area contributed by atoms with Gasteiger partial charge < -0.3 is 19.5 Å². The molecule has 7 heteroatoms. The molecule has 4 rings (SSSR count). The Bertz CT molecular complexity index is 1030. The number of carbonyl (C=O) groups is 3. The molecule has 0 aromatic heterocycles. The topological polar surface area (TPSA) is 90.9 Å². The maximum absolute atomic E-state index is 13.8. The molecule has 34 heavy (non-hydrogen) atoms. The van der Waals surface area contributed by atoms with Crippen molar-refractivity contribution >= 4 is 17.7 Å². The SMILES string of the molecule is CCOC1(OCC)C[C@H]2C(=O)C[C@@H](c3ccccc3)[C@](NC(=O)c3ccccc3)(C(=O)OC)[C@@H]21. The van der Waals surface area contributed by atoms with E-state index in [-0.39, 0.29) is 12.2 Å². The number of ketones is 1.